The molecular weight excluding hydrogens is 302 g/mol. The fraction of sp³-hybridized carbons (Fsp3) is 0.421. The van der Waals surface area contributed by atoms with Crippen LogP contribution in [0.4, 0.5) is 0 Å². The molecule has 1 atom stereocenters. The molecule has 128 valence electrons. The molecule has 0 amide bonds. The highest BCUT2D eigenvalue weighted by molar-refractivity contribution is 5.43. The number of ether oxygens (including phenoxy) is 2. The van der Waals surface area contributed by atoms with Gasteiger partial charge >= 0.3 is 0 Å². The zero-order valence-electron chi connectivity index (χ0n) is 14.4. The highest BCUT2D eigenvalue weighted by atomic mass is 16.5. The predicted molar refractivity (Wildman–Crippen MR) is 94.4 cm³/mol. The van der Waals surface area contributed by atoms with Gasteiger partial charge in [0.25, 0.3) is 0 Å². The summed E-state index contributed by atoms with van der Waals surface area (Å²) in [6.45, 7) is 6.49. The van der Waals surface area contributed by atoms with Crippen molar-refractivity contribution in [1.29, 1.82) is 0 Å². The van der Waals surface area contributed by atoms with Crippen molar-refractivity contribution >= 4 is 0 Å². The maximum atomic E-state index is 5.71. The average molecular weight is 327 g/mol. The molecule has 1 aliphatic rings. The van der Waals surface area contributed by atoms with Gasteiger partial charge in [-0.05, 0) is 42.3 Å². The van der Waals surface area contributed by atoms with E-state index >= 15 is 0 Å². The molecule has 5 heteroatoms. The van der Waals surface area contributed by atoms with E-state index in [9.17, 15) is 0 Å². The number of nitrogens with one attached hydrogen (secondary N) is 1. The number of rotatable bonds is 6. The summed E-state index contributed by atoms with van der Waals surface area (Å²) in [7, 11) is 1.67. The van der Waals surface area contributed by atoms with E-state index in [-0.39, 0.29) is 0 Å². The Hall–Kier alpha value is -2.11. The number of aromatic nitrogens is 1. The molecule has 1 aromatic heterocycles. The SMILES string of the molecule is CCOc1cc(CN2CCNCC2c2ccncc2)ccc1OC. The number of piperazine rings is 1. The van der Waals surface area contributed by atoms with Crippen LogP contribution in [0.25, 0.3) is 0 Å². The minimum atomic E-state index is 0.361. The van der Waals surface area contributed by atoms with Gasteiger partial charge in [0.05, 0.1) is 13.7 Å². The van der Waals surface area contributed by atoms with Crippen LogP contribution in [0.15, 0.2) is 42.7 Å². The summed E-state index contributed by atoms with van der Waals surface area (Å²) in [5, 5.41) is 3.49. The molecule has 0 radical (unpaired) electrons. The van der Waals surface area contributed by atoms with Crippen LogP contribution in [0.5, 0.6) is 11.5 Å². The molecule has 1 fully saturated rings. The number of benzene rings is 1. The van der Waals surface area contributed by atoms with Crippen molar-refractivity contribution in [3.63, 3.8) is 0 Å². The zero-order chi connectivity index (χ0) is 16.8. The maximum Gasteiger partial charge on any atom is 0.161 e. The zero-order valence-corrected chi connectivity index (χ0v) is 14.4. The van der Waals surface area contributed by atoms with Crippen LogP contribution in [0.1, 0.15) is 24.1 Å². The van der Waals surface area contributed by atoms with Crippen molar-refractivity contribution in [3.05, 3.63) is 53.9 Å². The summed E-state index contributed by atoms with van der Waals surface area (Å²) >= 11 is 0. The van der Waals surface area contributed by atoms with Crippen molar-refractivity contribution in [2.24, 2.45) is 0 Å². The Labute approximate surface area is 143 Å². The highest BCUT2D eigenvalue weighted by Gasteiger charge is 2.24. The van der Waals surface area contributed by atoms with Crippen LogP contribution in [-0.2, 0) is 6.54 Å². The average Bonchev–Trinajstić information content (AvgIpc) is 2.63. The maximum absolute atomic E-state index is 5.71. The molecule has 1 N–H and O–H groups in total. The number of nitrogens with zero attached hydrogens (tertiary/aromatic N) is 2. The Balaban J connectivity index is 1.79. The summed E-state index contributed by atoms with van der Waals surface area (Å²) < 4.78 is 11.1. The van der Waals surface area contributed by atoms with E-state index in [1.54, 1.807) is 7.11 Å². The Morgan fingerprint density at radius 2 is 2.04 bits per heavy atom. The van der Waals surface area contributed by atoms with Crippen molar-refractivity contribution < 1.29 is 9.47 Å². The number of hydrogen-bond acceptors (Lipinski definition) is 5. The third kappa shape index (κ3) is 3.86. The summed E-state index contributed by atoms with van der Waals surface area (Å²) in [6.07, 6.45) is 3.73. The molecule has 2 aromatic rings. The van der Waals surface area contributed by atoms with Crippen molar-refractivity contribution in [2.75, 3.05) is 33.4 Å². The molecule has 2 heterocycles. The van der Waals surface area contributed by atoms with Gasteiger partial charge in [-0.1, -0.05) is 6.07 Å². The predicted octanol–water partition coefficient (Wildman–Crippen LogP) is 2.64. The van der Waals surface area contributed by atoms with Crippen molar-refractivity contribution in [1.82, 2.24) is 15.2 Å². The molecule has 1 aliphatic heterocycles. The van der Waals surface area contributed by atoms with Crippen LogP contribution in [0.3, 0.4) is 0 Å². The van der Waals surface area contributed by atoms with Crippen LogP contribution < -0.4 is 14.8 Å². The Kier molecular flexibility index (Phi) is 5.67. The standard InChI is InChI=1S/C19H25N3O2/c1-3-24-19-12-15(4-5-18(19)23-2)14-22-11-10-21-13-17(22)16-6-8-20-9-7-16/h4-9,12,17,21H,3,10-11,13-14H2,1-2H3. The van der Waals surface area contributed by atoms with E-state index in [1.165, 1.54) is 11.1 Å². The second-order valence-electron chi connectivity index (χ2n) is 5.89. The quantitative estimate of drug-likeness (QED) is 0.884. The smallest absolute Gasteiger partial charge is 0.161 e. The molecule has 0 bridgehead atoms. The lowest BCUT2D eigenvalue weighted by atomic mass is 10.0. The van der Waals surface area contributed by atoms with Gasteiger partial charge in [0.1, 0.15) is 0 Å². The fourth-order valence-electron chi connectivity index (χ4n) is 3.17. The van der Waals surface area contributed by atoms with Crippen LogP contribution in [0, 0.1) is 0 Å². The Morgan fingerprint density at radius 1 is 1.21 bits per heavy atom. The van der Waals surface area contributed by atoms with Gasteiger partial charge in [-0.2, -0.15) is 0 Å². The Morgan fingerprint density at radius 3 is 2.79 bits per heavy atom. The molecular formula is C19H25N3O2. The first kappa shape index (κ1) is 16.7. The summed E-state index contributed by atoms with van der Waals surface area (Å²) in [6, 6.07) is 10.8. The molecule has 1 saturated heterocycles. The van der Waals surface area contributed by atoms with Gasteiger partial charge in [-0.3, -0.25) is 9.88 Å². The molecule has 0 aliphatic carbocycles. The lowest BCUT2D eigenvalue weighted by molar-refractivity contribution is 0.153. The number of hydrogen-bond donors (Lipinski definition) is 1. The lowest BCUT2D eigenvalue weighted by Gasteiger charge is -2.36. The van der Waals surface area contributed by atoms with E-state index in [1.807, 2.05) is 25.4 Å². The normalized spacial score (nSPS) is 18.3. The van der Waals surface area contributed by atoms with E-state index in [4.69, 9.17) is 9.47 Å². The van der Waals surface area contributed by atoms with E-state index in [2.05, 4.69) is 39.5 Å². The highest BCUT2D eigenvalue weighted by Crippen LogP contribution is 2.30. The molecule has 0 saturated carbocycles. The summed E-state index contributed by atoms with van der Waals surface area (Å²) in [5.74, 6) is 1.60. The first-order valence-electron chi connectivity index (χ1n) is 8.46. The van der Waals surface area contributed by atoms with Gasteiger partial charge in [-0.25, -0.2) is 0 Å². The minimum absolute atomic E-state index is 0.361. The van der Waals surface area contributed by atoms with Crippen LogP contribution >= 0.6 is 0 Å². The third-order valence-corrected chi connectivity index (χ3v) is 4.36. The van der Waals surface area contributed by atoms with Crippen molar-refractivity contribution in [2.45, 2.75) is 19.5 Å². The summed E-state index contributed by atoms with van der Waals surface area (Å²) in [4.78, 5) is 6.63. The van der Waals surface area contributed by atoms with Crippen molar-refractivity contribution in [3.8, 4) is 11.5 Å². The molecule has 5 nitrogen and oxygen atoms in total. The van der Waals surface area contributed by atoms with Gasteiger partial charge in [0.15, 0.2) is 11.5 Å². The molecule has 0 spiro atoms. The Bertz CT molecular complexity index is 648. The second-order valence-corrected chi connectivity index (χ2v) is 5.89. The van der Waals surface area contributed by atoms with Gasteiger partial charge < -0.3 is 14.8 Å². The first-order valence-corrected chi connectivity index (χ1v) is 8.46. The fourth-order valence-corrected chi connectivity index (χ4v) is 3.17. The van der Waals surface area contributed by atoms with Gasteiger partial charge in [-0.15, -0.1) is 0 Å². The van der Waals surface area contributed by atoms with E-state index < -0.39 is 0 Å². The van der Waals surface area contributed by atoms with Crippen LogP contribution in [0.2, 0.25) is 0 Å². The van der Waals surface area contributed by atoms with E-state index in [0.717, 1.165) is 37.7 Å². The van der Waals surface area contributed by atoms with Gasteiger partial charge in [0, 0.05) is 44.6 Å². The molecule has 24 heavy (non-hydrogen) atoms. The number of methoxy groups -OCH3 is 1. The second kappa shape index (κ2) is 8.13. The largest absolute Gasteiger partial charge is 0.493 e. The minimum Gasteiger partial charge on any atom is -0.493 e. The van der Waals surface area contributed by atoms with Crippen LogP contribution in [-0.4, -0.2) is 43.2 Å². The monoisotopic (exact) mass is 327 g/mol. The third-order valence-electron chi connectivity index (χ3n) is 4.36. The molecule has 1 aromatic carbocycles. The topological polar surface area (TPSA) is 46.6 Å². The first-order chi connectivity index (χ1) is 11.8. The van der Waals surface area contributed by atoms with Gasteiger partial charge in [0.2, 0.25) is 0 Å². The summed E-state index contributed by atoms with van der Waals surface area (Å²) in [5.41, 5.74) is 2.54. The molecule has 3 rings (SSSR count). The van der Waals surface area contributed by atoms with E-state index in [0.29, 0.717) is 12.6 Å². The lowest BCUT2D eigenvalue weighted by Crippen LogP contribution is -2.45. The number of pyridine rings is 1. The molecule has 1 unspecified atom stereocenters.